The van der Waals surface area contributed by atoms with E-state index in [4.69, 9.17) is 4.74 Å². The van der Waals surface area contributed by atoms with E-state index in [-0.39, 0.29) is 11.6 Å². The fourth-order valence-electron chi connectivity index (χ4n) is 4.10. The van der Waals surface area contributed by atoms with Crippen molar-refractivity contribution in [1.29, 1.82) is 0 Å². The van der Waals surface area contributed by atoms with Crippen LogP contribution < -0.4 is 15.0 Å². The lowest BCUT2D eigenvalue weighted by Gasteiger charge is -2.34. The molecule has 4 nitrogen and oxygen atoms in total. The Labute approximate surface area is 163 Å². The number of aryl methyl sites for hydroxylation is 2. The number of fused-ring (bicyclic) bond motifs is 1. The largest absolute Gasteiger partial charge is 0.493 e. The van der Waals surface area contributed by atoms with Gasteiger partial charge in [0.25, 0.3) is 0 Å². The maximum Gasteiger partial charge on any atom is 0.229 e. The van der Waals surface area contributed by atoms with Gasteiger partial charge >= 0.3 is 0 Å². The van der Waals surface area contributed by atoms with Gasteiger partial charge in [0.05, 0.1) is 18.7 Å². The van der Waals surface area contributed by atoms with E-state index in [1.807, 2.05) is 19.1 Å². The Balaban J connectivity index is 1.38. The van der Waals surface area contributed by atoms with E-state index < -0.39 is 11.6 Å². The number of rotatable bonds is 4. The lowest BCUT2D eigenvalue weighted by Crippen LogP contribution is -2.36. The van der Waals surface area contributed by atoms with Crippen molar-refractivity contribution in [2.24, 2.45) is 5.92 Å². The molecule has 148 valence electrons. The topological polar surface area (TPSA) is 41.6 Å². The van der Waals surface area contributed by atoms with E-state index >= 15 is 0 Å². The molecule has 1 amide bonds. The van der Waals surface area contributed by atoms with E-state index in [2.05, 4.69) is 5.32 Å². The van der Waals surface area contributed by atoms with Crippen LogP contribution in [0.15, 0.2) is 24.3 Å². The maximum atomic E-state index is 14.2. The van der Waals surface area contributed by atoms with Crippen LogP contribution in [0.3, 0.4) is 0 Å². The minimum absolute atomic E-state index is 0.00962. The molecule has 1 N–H and O–H groups in total. The lowest BCUT2D eigenvalue weighted by molar-refractivity contribution is -0.115. The molecular formula is C22H24F2N2O2. The van der Waals surface area contributed by atoms with Gasteiger partial charge in [-0.3, -0.25) is 4.79 Å². The third-order valence-electron chi connectivity index (χ3n) is 5.65. The minimum atomic E-state index is -0.500. The number of hydrogen-bond acceptors (Lipinski definition) is 3. The lowest BCUT2D eigenvalue weighted by atomic mass is 9.97. The van der Waals surface area contributed by atoms with Crippen molar-refractivity contribution in [3.63, 3.8) is 0 Å². The summed E-state index contributed by atoms with van der Waals surface area (Å²) in [5.74, 6) is 0.0515. The van der Waals surface area contributed by atoms with Crippen molar-refractivity contribution in [1.82, 2.24) is 0 Å². The minimum Gasteiger partial charge on any atom is -0.493 e. The number of benzene rings is 2. The highest BCUT2D eigenvalue weighted by molar-refractivity contribution is 6.01. The predicted octanol–water partition coefficient (Wildman–Crippen LogP) is 4.37. The molecule has 2 aliphatic heterocycles. The molecule has 4 rings (SSSR count). The van der Waals surface area contributed by atoms with Gasteiger partial charge in [-0.2, -0.15) is 0 Å². The van der Waals surface area contributed by atoms with Gasteiger partial charge in [0, 0.05) is 18.7 Å². The highest BCUT2D eigenvalue weighted by Gasteiger charge is 2.26. The van der Waals surface area contributed by atoms with E-state index in [0.717, 1.165) is 35.4 Å². The van der Waals surface area contributed by atoms with E-state index in [1.54, 1.807) is 11.8 Å². The predicted molar refractivity (Wildman–Crippen MR) is 105 cm³/mol. The molecule has 0 aromatic heterocycles. The molecule has 0 radical (unpaired) electrons. The molecule has 0 bridgehead atoms. The molecule has 6 heteroatoms. The Morgan fingerprint density at radius 2 is 1.82 bits per heavy atom. The zero-order chi connectivity index (χ0) is 19.8. The number of halogens is 2. The second-order valence-electron chi connectivity index (χ2n) is 7.78. The van der Waals surface area contributed by atoms with Crippen molar-refractivity contribution in [3.8, 4) is 5.75 Å². The molecule has 2 aromatic carbocycles. The molecule has 0 aliphatic carbocycles. The average Bonchev–Trinajstić information content (AvgIpc) is 3.04. The Morgan fingerprint density at radius 1 is 1.14 bits per heavy atom. The fraction of sp³-hybridized carbons (Fsp3) is 0.409. The van der Waals surface area contributed by atoms with Crippen LogP contribution in [0.25, 0.3) is 0 Å². The highest BCUT2D eigenvalue weighted by Crippen LogP contribution is 2.35. The quantitative estimate of drug-likeness (QED) is 0.848. The number of nitrogens with zero attached hydrogens (tertiary/aromatic N) is 1. The summed E-state index contributed by atoms with van der Waals surface area (Å²) in [6.07, 6.45) is 1.95. The fourth-order valence-corrected chi connectivity index (χ4v) is 4.10. The number of amides is 1. The molecule has 28 heavy (non-hydrogen) atoms. The second-order valence-corrected chi connectivity index (χ2v) is 7.78. The Bertz CT molecular complexity index is 898. The van der Waals surface area contributed by atoms with Crippen LogP contribution >= 0.6 is 0 Å². The number of ether oxygens (including phenoxy) is 1. The summed E-state index contributed by atoms with van der Waals surface area (Å²) in [6, 6.07) is 6.62. The average molecular weight is 386 g/mol. The molecular weight excluding hydrogens is 362 g/mol. The van der Waals surface area contributed by atoms with Crippen molar-refractivity contribution in [2.75, 3.05) is 29.9 Å². The van der Waals surface area contributed by atoms with Crippen LogP contribution in [0.1, 0.15) is 29.5 Å². The van der Waals surface area contributed by atoms with Gasteiger partial charge in [-0.15, -0.1) is 0 Å². The first-order valence-corrected chi connectivity index (χ1v) is 9.68. The van der Waals surface area contributed by atoms with Crippen molar-refractivity contribution >= 4 is 17.3 Å². The maximum absolute atomic E-state index is 14.2. The summed E-state index contributed by atoms with van der Waals surface area (Å²) in [5, 5.41) is 2.89. The van der Waals surface area contributed by atoms with Gasteiger partial charge in [0.1, 0.15) is 23.1 Å². The third kappa shape index (κ3) is 3.55. The Hall–Kier alpha value is -2.63. The molecule has 0 saturated carbocycles. The molecule has 2 aliphatic rings. The molecule has 0 spiro atoms. The first kappa shape index (κ1) is 18.7. The molecule has 0 unspecified atom stereocenters. The van der Waals surface area contributed by atoms with Crippen molar-refractivity contribution in [2.45, 2.75) is 33.1 Å². The van der Waals surface area contributed by atoms with Gasteiger partial charge in [0.2, 0.25) is 5.91 Å². The first-order chi connectivity index (χ1) is 13.4. The second kappa shape index (κ2) is 7.41. The Kier molecular flexibility index (Phi) is 4.96. The zero-order valence-electron chi connectivity index (χ0n) is 16.1. The monoisotopic (exact) mass is 386 g/mol. The van der Waals surface area contributed by atoms with Gasteiger partial charge in [-0.05, 0) is 61.9 Å². The van der Waals surface area contributed by atoms with Gasteiger partial charge in [0.15, 0.2) is 0 Å². The van der Waals surface area contributed by atoms with Crippen LogP contribution in [0.4, 0.5) is 20.2 Å². The summed E-state index contributed by atoms with van der Waals surface area (Å²) < 4.78 is 34.5. The third-order valence-corrected chi connectivity index (χ3v) is 5.65. The number of anilines is 2. The summed E-state index contributed by atoms with van der Waals surface area (Å²) >= 11 is 0. The summed E-state index contributed by atoms with van der Waals surface area (Å²) in [5.41, 5.74) is 3.48. The zero-order valence-corrected chi connectivity index (χ0v) is 16.1. The SMILES string of the molecule is Cc1cc(F)c(N2CCC(COc3ccc(C)c4c3CC(=O)N4)CC2)c(F)c1. The molecule has 0 atom stereocenters. The number of piperidine rings is 1. The van der Waals surface area contributed by atoms with Crippen LogP contribution in [-0.2, 0) is 11.2 Å². The highest BCUT2D eigenvalue weighted by atomic mass is 19.1. The van der Waals surface area contributed by atoms with Crippen LogP contribution in [0.2, 0.25) is 0 Å². The summed E-state index contributed by atoms with van der Waals surface area (Å²) in [4.78, 5) is 13.5. The summed E-state index contributed by atoms with van der Waals surface area (Å²) in [6.45, 7) is 5.38. The standard InChI is InChI=1S/C22H24F2N2O2/c1-13-9-17(23)22(18(24)10-13)26-7-5-15(6-8-26)12-28-19-4-3-14(2)21-16(19)11-20(27)25-21/h3-4,9-10,15H,5-8,11-12H2,1-2H3,(H,25,27). The molecule has 2 heterocycles. The van der Waals surface area contributed by atoms with Crippen molar-refractivity contribution in [3.05, 3.63) is 52.6 Å². The molecule has 2 aromatic rings. The van der Waals surface area contributed by atoms with Crippen molar-refractivity contribution < 1.29 is 18.3 Å². The smallest absolute Gasteiger partial charge is 0.229 e. The van der Waals surface area contributed by atoms with E-state index in [0.29, 0.717) is 37.6 Å². The van der Waals surface area contributed by atoms with Gasteiger partial charge < -0.3 is 15.0 Å². The van der Waals surface area contributed by atoms with Gasteiger partial charge in [-0.25, -0.2) is 8.78 Å². The summed E-state index contributed by atoms with van der Waals surface area (Å²) in [7, 11) is 0. The number of nitrogens with one attached hydrogen (secondary N) is 1. The Morgan fingerprint density at radius 3 is 2.50 bits per heavy atom. The van der Waals surface area contributed by atoms with E-state index in [1.165, 1.54) is 12.1 Å². The van der Waals surface area contributed by atoms with E-state index in [9.17, 15) is 13.6 Å². The number of carbonyl (C=O) groups is 1. The molecule has 1 saturated heterocycles. The van der Waals surface area contributed by atoms with Crippen LogP contribution in [-0.4, -0.2) is 25.6 Å². The van der Waals surface area contributed by atoms with Crippen LogP contribution in [0, 0.1) is 31.4 Å². The normalized spacial score (nSPS) is 16.9. The number of carbonyl (C=O) groups excluding carboxylic acids is 1. The molecule has 1 fully saturated rings. The number of hydrogen-bond donors (Lipinski definition) is 1. The van der Waals surface area contributed by atoms with Crippen LogP contribution in [0.5, 0.6) is 5.75 Å². The first-order valence-electron chi connectivity index (χ1n) is 9.68. The van der Waals surface area contributed by atoms with Gasteiger partial charge in [-0.1, -0.05) is 6.07 Å².